The Bertz CT molecular complexity index is 320. The molecule has 0 saturated heterocycles. The van der Waals surface area contributed by atoms with Gasteiger partial charge in [0.2, 0.25) is 0 Å². The van der Waals surface area contributed by atoms with Crippen LogP contribution in [0.25, 0.3) is 0 Å². The van der Waals surface area contributed by atoms with Gasteiger partial charge in [0.25, 0.3) is 0 Å². The molecule has 0 saturated carbocycles. The summed E-state index contributed by atoms with van der Waals surface area (Å²) in [6.07, 6.45) is 1.45. The Hall–Kier alpha value is -0.880. The number of thiazole rings is 1. The number of aromatic nitrogens is 1. The quantitative estimate of drug-likeness (QED) is 0.741. The van der Waals surface area contributed by atoms with Gasteiger partial charge in [-0.15, -0.1) is 11.3 Å². The first-order chi connectivity index (χ1) is 6.15. The molecule has 0 N–H and O–H groups in total. The van der Waals surface area contributed by atoms with Crippen LogP contribution in [0.5, 0.6) is 0 Å². The molecule has 0 radical (unpaired) electrons. The van der Waals surface area contributed by atoms with Gasteiger partial charge in [-0.2, -0.15) is 5.26 Å². The molecule has 1 rings (SSSR count). The smallest absolute Gasteiger partial charge is 0.0956 e. The van der Waals surface area contributed by atoms with Crippen LogP contribution >= 0.6 is 11.3 Å². The Morgan fingerprint density at radius 1 is 1.54 bits per heavy atom. The zero-order valence-electron chi connectivity index (χ0n) is 8.29. The largest absolute Gasteiger partial charge is 0.246 e. The van der Waals surface area contributed by atoms with Crippen LogP contribution in [0, 0.1) is 18.3 Å². The Kier molecular flexibility index (Phi) is 3.44. The third kappa shape index (κ3) is 2.53. The van der Waals surface area contributed by atoms with Crippen molar-refractivity contribution in [3.8, 4) is 6.07 Å². The summed E-state index contributed by atoms with van der Waals surface area (Å²) in [5.74, 6) is 0.500. The van der Waals surface area contributed by atoms with Crippen molar-refractivity contribution in [3.63, 3.8) is 0 Å². The lowest BCUT2D eigenvalue weighted by Crippen LogP contribution is -1.85. The minimum absolute atomic E-state index is 0.500. The van der Waals surface area contributed by atoms with Crippen LogP contribution in [0.3, 0.4) is 0 Å². The number of hydrogen-bond donors (Lipinski definition) is 0. The zero-order valence-corrected chi connectivity index (χ0v) is 9.11. The van der Waals surface area contributed by atoms with E-state index in [4.69, 9.17) is 5.26 Å². The maximum absolute atomic E-state index is 8.47. The molecule has 0 unspecified atom stereocenters. The Morgan fingerprint density at radius 2 is 2.23 bits per heavy atom. The number of aryl methyl sites for hydroxylation is 2. The van der Waals surface area contributed by atoms with Crippen molar-refractivity contribution in [1.82, 2.24) is 4.98 Å². The summed E-state index contributed by atoms with van der Waals surface area (Å²) in [4.78, 5) is 5.74. The predicted molar refractivity (Wildman–Crippen MR) is 54.9 cm³/mol. The zero-order chi connectivity index (χ0) is 9.84. The van der Waals surface area contributed by atoms with Gasteiger partial charge in [-0.1, -0.05) is 13.8 Å². The average Bonchev–Trinajstić information content (AvgIpc) is 2.44. The van der Waals surface area contributed by atoms with Crippen LogP contribution in [0.1, 0.15) is 41.8 Å². The highest BCUT2D eigenvalue weighted by Crippen LogP contribution is 2.25. The third-order valence-electron chi connectivity index (χ3n) is 1.87. The van der Waals surface area contributed by atoms with E-state index < -0.39 is 0 Å². The number of rotatable bonds is 3. The van der Waals surface area contributed by atoms with Crippen LogP contribution in [0.2, 0.25) is 0 Å². The lowest BCUT2D eigenvalue weighted by atomic mass is 10.2. The summed E-state index contributed by atoms with van der Waals surface area (Å²) in [6.45, 7) is 6.31. The number of nitrogens with zero attached hydrogens (tertiary/aromatic N) is 2. The van der Waals surface area contributed by atoms with Gasteiger partial charge >= 0.3 is 0 Å². The van der Waals surface area contributed by atoms with Crippen molar-refractivity contribution in [2.45, 2.75) is 39.5 Å². The minimum Gasteiger partial charge on any atom is -0.246 e. The van der Waals surface area contributed by atoms with Crippen molar-refractivity contribution in [1.29, 1.82) is 5.26 Å². The van der Waals surface area contributed by atoms with Crippen LogP contribution in [0.4, 0.5) is 0 Å². The Balaban J connectivity index is 2.79. The van der Waals surface area contributed by atoms with Crippen molar-refractivity contribution >= 4 is 11.3 Å². The molecule has 0 aliphatic heterocycles. The highest BCUT2D eigenvalue weighted by atomic mass is 32.1. The monoisotopic (exact) mass is 194 g/mol. The molecule has 1 heterocycles. The molecule has 1 aromatic heterocycles. The van der Waals surface area contributed by atoms with Gasteiger partial charge in [0.05, 0.1) is 16.8 Å². The molecule has 0 atom stereocenters. The minimum atomic E-state index is 0.500. The topological polar surface area (TPSA) is 36.7 Å². The molecule has 0 aromatic carbocycles. The SMILES string of the molecule is Cc1nc(C(C)C)sc1CCC#N. The second kappa shape index (κ2) is 4.38. The highest BCUT2D eigenvalue weighted by Gasteiger charge is 2.09. The summed E-state index contributed by atoms with van der Waals surface area (Å²) < 4.78 is 0. The molecule has 0 amide bonds. The molecule has 0 aliphatic carbocycles. The molecular weight excluding hydrogens is 180 g/mol. The van der Waals surface area contributed by atoms with Crippen LogP contribution < -0.4 is 0 Å². The first-order valence-electron chi connectivity index (χ1n) is 4.48. The first kappa shape index (κ1) is 10.2. The van der Waals surface area contributed by atoms with E-state index in [0.717, 1.165) is 12.1 Å². The summed E-state index contributed by atoms with van der Waals surface area (Å²) in [6, 6.07) is 2.16. The maximum atomic E-state index is 8.47. The fraction of sp³-hybridized carbons (Fsp3) is 0.600. The van der Waals surface area contributed by atoms with Crippen molar-refractivity contribution < 1.29 is 0 Å². The van der Waals surface area contributed by atoms with Crippen molar-refractivity contribution in [3.05, 3.63) is 15.6 Å². The second-order valence-electron chi connectivity index (χ2n) is 3.37. The molecule has 2 nitrogen and oxygen atoms in total. The van der Waals surface area contributed by atoms with Gasteiger partial charge in [-0.05, 0) is 13.3 Å². The lowest BCUT2D eigenvalue weighted by Gasteiger charge is -1.95. The molecule has 13 heavy (non-hydrogen) atoms. The predicted octanol–water partition coefficient (Wildman–Crippen LogP) is 3.03. The fourth-order valence-corrected chi connectivity index (χ4v) is 2.17. The Morgan fingerprint density at radius 3 is 2.69 bits per heavy atom. The van der Waals surface area contributed by atoms with E-state index in [-0.39, 0.29) is 0 Å². The molecule has 3 heteroatoms. The average molecular weight is 194 g/mol. The van der Waals surface area contributed by atoms with Gasteiger partial charge in [0.1, 0.15) is 0 Å². The molecule has 70 valence electrons. The first-order valence-corrected chi connectivity index (χ1v) is 5.30. The van der Waals surface area contributed by atoms with E-state index in [9.17, 15) is 0 Å². The molecular formula is C10H14N2S. The third-order valence-corrected chi connectivity index (χ3v) is 3.38. The molecule has 0 spiro atoms. The normalized spacial score (nSPS) is 10.4. The molecule has 0 bridgehead atoms. The van der Waals surface area contributed by atoms with E-state index in [1.165, 1.54) is 9.88 Å². The maximum Gasteiger partial charge on any atom is 0.0956 e. The number of nitriles is 1. The van der Waals surface area contributed by atoms with Crippen LogP contribution in [-0.2, 0) is 6.42 Å². The van der Waals surface area contributed by atoms with E-state index in [1.54, 1.807) is 11.3 Å². The molecule has 0 fully saturated rings. The number of hydrogen-bond acceptors (Lipinski definition) is 3. The van der Waals surface area contributed by atoms with Gasteiger partial charge in [-0.3, -0.25) is 0 Å². The molecule has 0 aliphatic rings. The summed E-state index contributed by atoms with van der Waals surface area (Å²) >= 11 is 1.75. The van der Waals surface area contributed by atoms with Gasteiger partial charge < -0.3 is 0 Å². The highest BCUT2D eigenvalue weighted by molar-refractivity contribution is 7.11. The van der Waals surface area contributed by atoms with Crippen LogP contribution in [0.15, 0.2) is 0 Å². The molecule has 1 aromatic rings. The summed E-state index contributed by atoms with van der Waals surface area (Å²) in [7, 11) is 0. The fourth-order valence-electron chi connectivity index (χ4n) is 1.10. The Labute approximate surface area is 83.2 Å². The van der Waals surface area contributed by atoms with E-state index >= 15 is 0 Å². The van der Waals surface area contributed by atoms with Gasteiger partial charge in [0.15, 0.2) is 0 Å². The van der Waals surface area contributed by atoms with Crippen LogP contribution in [-0.4, -0.2) is 4.98 Å². The van der Waals surface area contributed by atoms with E-state index in [1.807, 2.05) is 6.92 Å². The standard InChI is InChI=1S/C10H14N2S/c1-7(2)10-12-8(3)9(13-10)5-4-6-11/h7H,4-5H2,1-3H3. The second-order valence-corrected chi connectivity index (χ2v) is 4.49. The van der Waals surface area contributed by atoms with E-state index in [0.29, 0.717) is 12.3 Å². The van der Waals surface area contributed by atoms with Crippen molar-refractivity contribution in [2.24, 2.45) is 0 Å². The summed E-state index contributed by atoms with van der Waals surface area (Å²) in [5, 5.41) is 9.65. The lowest BCUT2D eigenvalue weighted by molar-refractivity contribution is 0.846. The van der Waals surface area contributed by atoms with Crippen molar-refractivity contribution in [2.75, 3.05) is 0 Å². The van der Waals surface area contributed by atoms with Gasteiger partial charge in [0, 0.05) is 17.2 Å². The van der Waals surface area contributed by atoms with Gasteiger partial charge in [-0.25, -0.2) is 4.98 Å². The summed E-state index contributed by atoms with van der Waals surface area (Å²) in [5.41, 5.74) is 1.10. The van der Waals surface area contributed by atoms with E-state index in [2.05, 4.69) is 24.9 Å².